The second kappa shape index (κ2) is 50.2. The standard InChI is InChI=1S/C88H119N21O23S/c1-6-8-18-60-85(128)107(5)69(22-9-7-2)82(125)97-59(28-31-132-47-111)77(120)105-68(76(119)94-41-72(90)114)44-133-45-73(115)96-65(32-49-24-26-53(112)27-25-49)86(129)106(4)48(3)75(118)103-66(37-74(116)117)88(131)108-30-15-23-70(108)83(126)102-64(35-52-40-91-46-95-52)80(123)99-61(21-14-29-89)87(130)109-42-54(113)36-71(109)84(127)101-63(34-51-39-93-58-20-13-11-17-56(51)58)79(122)104-67(43-110)81(124)100-62(78(121)98-60)33-50-38-92-57-19-12-10-16-55(50)57/h10-13,16-17,19-20,24-27,38-40,46-48,54,59-71,92-93,110,112-113H,6-9,14-15,18,21-23,28-37,41-45,89H2,1-5H3,(H2,90,114)(H,91,95)(H,94,119)(H,96,115)(H,97,125)(H,98,121)(H,99,123)(H,100,124)(H,101,127)(H,102,126)(H,103,118)(H,104,122)(H,105,120)(H,116,117)/t48-,54+,59-,60+,61-,62-,63-,64-,65-,66-,67-,68?,69-,70-,71-/m0/s1. The van der Waals surface area contributed by atoms with Crippen LogP contribution in [0.15, 0.2) is 97.7 Å². The van der Waals surface area contributed by atoms with Gasteiger partial charge in [0.05, 0.1) is 44.4 Å². The number of rotatable bonds is 27. The Hall–Kier alpha value is -13.6. The van der Waals surface area contributed by atoms with E-state index >= 15 is 38.4 Å². The van der Waals surface area contributed by atoms with E-state index in [4.69, 9.17) is 16.2 Å². The number of imidazole rings is 1. The number of aromatic amines is 3. The molecule has 6 heterocycles. The largest absolute Gasteiger partial charge is 0.508 e. The van der Waals surface area contributed by atoms with Crippen molar-refractivity contribution >= 4 is 141 Å². The number of phenols is 1. The molecule has 0 radical (unpaired) electrons. The van der Waals surface area contributed by atoms with Crippen LogP contribution in [-0.2, 0) is 117 Å². The van der Waals surface area contributed by atoms with Crippen molar-refractivity contribution in [3.05, 3.63) is 120 Å². The number of primary amides is 1. The highest BCUT2D eigenvalue weighted by molar-refractivity contribution is 8.00. The van der Waals surface area contributed by atoms with Crippen LogP contribution in [0.1, 0.15) is 127 Å². The van der Waals surface area contributed by atoms with Gasteiger partial charge < -0.3 is 130 Å². The number of hydrogen-bond donors (Lipinski definition) is 20. The van der Waals surface area contributed by atoms with Gasteiger partial charge in [0.25, 0.3) is 6.47 Å². The lowest BCUT2D eigenvalue weighted by atomic mass is 10.0. The second-order valence-corrected chi connectivity index (χ2v) is 34.1. The van der Waals surface area contributed by atoms with Gasteiger partial charge in [-0.25, -0.2) is 4.98 Å². The van der Waals surface area contributed by atoms with Crippen molar-refractivity contribution in [2.24, 2.45) is 11.5 Å². The number of aromatic nitrogens is 4. The molecule has 3 fully saturated rings. The van der Waals surface area contributed by atoms with Crippen molar-refractivity contribution in [3.8, 4) is 5.75 Å². The predicted octanol–water partition coefficient (Wildman–Crippen LogP) is -3.68. The Morgan fingerprint density at radius 3 is 1.70 bits per heavy atom. The van der Waals surface area contributed by atoms with Crippen molar-refractivity contribution in [3.63, 3.8) is 0 Å². The van der Waals surface area contributed by atoms with Crippen LogP contribution < -0.4 is 70.0 Å². The lowest BCUT2D eigenvalue weighted by Gasteiger charge is -2.33. The van der Waals surface area contributed by atoms with Crippen molar-refractivity contribution in [2.75, 3.05) is 65.0 Å². The summed E-state index contributed by atoms with van der Waals surface area (Å²) in [5.74, 6) is -18.8. The first-order valence-electron chi connectivity index (χ1n) is 44.1. The number of thioether (sulfide) groups is 1. The lowest BCUT2D eigenvalue weighted by Crippen LogP contribution is -2.61. The van der Waals surface area contributed by atoms with E-state index in [0.29, 0.717) is 57.8 Å². The van der Waals surface area contributed by atoms with Gasteiger partial charge in [-0.1, -0.05) is 88.1 Å². The van der Waals surface area contributed by atoms with Crippen molar-refractivity contribution < 1.29 is 111 Å². The Morgan fingerprint density at radius 2 is 1.11 bits per heavy atom. The number of carboxylic acids is 1. The zero-order valence-corrected chi connectivity index (χ0v) is 75.3. The van der Waals surface area contributed by atoms with E-state index in [1.807, 2.05) is 6.92 Å². The van der Waals surface area contributed by atoms with Crippen LogP contribution in [0.25, 0.3) is 21.8 Å². The van der Waals surface area contributed by atoms with Gasteiger partial charge in [-0.05, 0) is 92.9 Å². The number of carboxylic acid groups (broad SMARTS) is 1. The quantitative estimate of drug-likeness (QED) is 0.0174. The topological polar surface area (TPSA) is 655 Å². The third-order valence-corrected chi connectivity index (χ3v) is 24.5. The number of amides is 16. The fraction of sp³-hybridized carbons (Fsp3) is 0.511. The molecule has 3 aromatic carbocycles. The molecule has 6 aromatic rings. The number of unbranched alkanes of at least 4 members (excludes halogenated alkanes) is 2. The minimum absolute atomic E-state index is 0.0359. The number of hydrogen-bond acceptors (Lipinski definition) is 25. The van der Waals surface area contributed by atoms with Gasteiger partial charge in [0.1, 0.15) is 90.3 Å². The number of nitrogens with zero attached hydrogens (tertiary/aromatic N) is 5. The average Bonchev–Trinajstić information content (AvgIpc) is 1.67. The number of nitrogens with one attached hydrogen (secondary N) is 14. The number of aliphatic hydroxyl groups excluding tert-OH is 2. The van der Waals surface area contributed by atoms with E-state index in [-0.39, 0.29) is 102 Å². The molecule has 3 aromatic heterocycles. The number of aliphatic hydroxyl groups is 2. The third-order valence-electron chi connectivity index (χ3n) is 23.4. The molecule has 133 heavy (non-hydrogen) atoms. The van der Waals surface area contributed by atoms with Crippen molar-refractivity contribution in [1.82, 2.24) is 98.0 Å². The number of carbonyl (C=O) groups is 18. The van der Waals surface area contributed by atoms with Crippen LogP contribution in [0, 0.1) is 0 Å². The molecular formula is C88H119N21O23S. The fourth-order valence-corrected chi connectivity index (χ4v) is 16.9. The van der Waals surface area contributed by atoms with E-state index in [2.05, 4.69) is 78.4 Å². The molecule has 9 rings (SSSR count). The maximum Gasteiger partial charge on any atom is 0.305 e. The summed E-state index contributed by atoms with van der Waals surface area (Å²) < 4.78 is 4.96. The SMILES string of the molecule is CCCC[C@H]1NC(=O)[C@H](Cc2c[nH]c3ccccc23)NC(=O)[C@H](CO)NC(=O)[C@H](Cc2c[nH]c3ccccc23)NC(=O)[C@@H]2C[C@@H](O)CN2C(=O)[C@H](CCCN)NC(=O)[C@H](Cc2cnc[nH]2)NC(=O)[C@@H]2CCCN2C(=O)[C@H](CC(=O)O)NC(=O)[C@H](C)N(C)C(=O)[C@H](Cc2ccc(O)cc2)NC(=O)CSCC(C(=O)NCC(N)=O)NC(=O)[C@H](CCOC=O)NC(=O)[C@H](CCCC)N(C)C1=O. The minimum Gasteiger partial charge on any atom is -0.508 e. The van der Waals surface area contributed by atoms with Crippen LogP contribution in [0.2, 0.25) is 0 Å². The molecule has 45 heteroatoms. The van der Waals surface area contributed by atoms with Crippen LogP contribution in [0.5, 0.6) is 5.75 Å². The van der Waals surface area contributed by atoms with Crippen LogP contribution in [0.3, 0.4) is 0 Å². The van der Waals surface area contributed by atoms with E-state index in [9.17, 15) is 68.4 Å². The van der Waals surface area contributed by atoms with E-state index in [1.165, 1.54) is 57.8 Å². The molecule has 0 saturated carbocycles. The Labute approximate surface area is 769 Å². The number of benzene rings is 3. The number of ether oxygens (including phenoxy) is 1. The molecule has 0 aliphatic carbocycles. The van der Waals surface area contributed by atoms with Crippen molar-refractivity contribution in [1.29, 1.82) is 0 Å². The van der Waals surface area contributed by atoms with Crippen LogP contribution in [-0.4, -0.2) is 323 Å². The first-order valence-corrected chi connectivity index (χ1v) is 45.2. The summed E-state index contributed by atoms with van der Waals surface area (Å²) in [4.78, 5) is 277. The normalized spacial score (nSPS) is 24.8. The van der Waals surface area contributed by atoms with Gasteiger partial charge in [-0.3, -0.25) is 86.3 Å². The fourth-order valence-electron chi connectivity index (χ4n) is 16.0. The molecule has 44 nitrogen and oxygen atoms in total. The Bertz CT molecular complexity index is 5110. The van der Waals surface area contributed by atoms with Gasteiger partial charge in [-0.15, -0.1) is 11.8 Å². The molecule has 3 aliphatic rings. The van der Waals surface area contributed by atoms with E-state index in [1.54, 1.807) is 67.8 Å². The molecule has 3 aliphatic heterocycles. The first kappa shape index (κ1) is 103. The summed E-state index contributed by atoms with van der Waals surface area (Å²) >= 11 is 0.718. The maximum atomic E-state index is 15.3. The molecule has 22 N–H and O–H groups in total. The molecule has 1 unspecified atom stereocenters. The summed E-state index contributed by atoms with van der Waals surface area (Å²) in [6, 6.07) is -3.31. The summed E-state index contributed by atoms with van der Waals surface area (Å²) in [6.07, 6.45) is 2.54. The number of aliphatic carboxylic acids is 1. The summed E-state index contributed by atoms with van der Waals surface area (Å²) in [7, 11) is 2.46. The van der Waals surface area contributed by atoms with Crippen LogP contribution >= 0.6 is 11.8 Å². The Morgan fingerprint density at radius 1 is 0.579 bits per heavy atom. The van der Waals surface area contributed by atoms with Crippen molar-refractivity contribution in [2.45, 2.75) is 221 Å². The lowest BCUT2D eigenvalue weighted by molar-refractivity contribution is -0.147. The van der Waals surface area contributed by atoms with Gasteiger partial charge in [0.2, 0.25) is 94.5 Å². The van der Waals surface area contributed by atoms with Gasteiger partial charge in [-0.2, -0.15) is 0 Å². The van der Waals surface area contributed by atoms with Gasteiger partial charge >= 0.3 is 5.97 Å². The summed E-state index contributed by atoms with van der Waals surface area (Å²) in [5, 5.41) is 72.8. The van der Waals surface area contributed by atoms with E-state index < -0.39 is 248 Å². The Kier molecular flexibility index (Phi) is 38.9. The number of H-pyrrole nitrogens is 3. The smallest absolute Gasteiger partial charge is 0.305 e. The highest BCUT2D eigenvalue weighted by atomic mass is 32.2. The zero-order chi connectivity index (χ0) is 96.7. The third kappa shape index (κ3) is 29.0. The number of likely N-dealkylation sites (N-methyl/N-ethyl adjacent to an activating group) is 2. The second-order valence-electron chi connectivity index (χ2n) is 33.1. The highest BCUT2D eigenvalue weighted by Gasteiger charge is 2.46. The van der Waals surface area contributed by atoms with E-state index in [0.717, 1.165) is 31.4 Å². The number of para-hydroxylation sites is 2. The number of aromatic hydroxyl groups is 1. The molecule has 0 spiro atoms. The molecule has 0 bridgehead atoms. The zero-order valence-electron chi connectivity index (χ0n) is 74.5. The number of fused-ring (bicyclic) bond motifs is 4. The monoisotopic (exact) mass is 1870 g/mol. The average molecular weight is 1870 g/mol. The Balaban J connectivity index is 1.09. The number of carbonyl (C=O) groups excluding carboxylic acids is 17. The first-order chi connectivity index (χ1) is 63.6. The predicted molar refractivity (Wildman–Crippen MR) is 480 cm³/mol. The van der Waals surface area contributed by atoms with Crippen LogP contribution in [0.4, 0.5) is 0 Å². The van der Waals surface area contributed by atoms with Gasteiger partial charge in [0, 0.05) is 118 Å². The highest BCUT2D eigenvalue weighted by Crippen LogP contribution is 2.27. The molecule has 16 amide bonds. The molecule has 15 atom stereocenters. The summed E-state index contributed by atoms with van der Waals surface area (Å²) in [6.45, 7) is 1.81. The number of phenolic OH excluding ortho intramolecular Hbond substituents is 1. The van der Waals surface area contributed by atoms with Gasteiger partial charge in [0.15, 0.2) is 0 Å². The minimum atomic E-state index is -1.92. The molecular weight excluding hydrogens is 1750 g/mol. The maximum absolute atomic E-state index is 15.3. The molecule has 720 valence electrons. The summed E-state index contributed by atoms with van der Waals surface area (Å²) in [5.41, 5.74) is 14.2. The number of nitrogens with two attached hydrogens (primary N) is 2. The molecule has 3 saturated heterocycles.